The van der Waals surface area contributed by atoms with E-state index in [4.69, 9.17) is 17.0 Å². The van der Waals surface area contributed by atoms with E-state index < -0.39 is 17.0 Å². The number of hydrogen-bond acceptors (Lipinski definition) is 10. The smallest absolute Gasteiger partial charge is 0.341 e. The molecule has 11 nitrogen and oxygen atoms in total. The number of carbonyl (C=O) groups excluding carboxylic acids is 2. The molecule has 1 aliphatic heterocycles. The van der Waals surface area contributed by atoms with Crippen molar-refractivity contribution in [2.75, 3.05) is 43.5 Å². The summed E-state index contributed by atoms with van der Waals surface area (Å²) >= 11 is 7.36. The van der Waals surface area contributed by atoms with E-state index in [0.717, 1.165) is 36.2 Å². The summed E-state index contributed by atoms with van der Waals surface area (Å²) in [7, 11) is 1.41. The minimum absolute atomic E-state index is 0.141. The molecule has 0 saturated carbocycles. The normalized spacial score (nSPS) is 15.8. The van der Waals surface area contributed by atoms with Crippen LogP contribution in [0.15, 0.2) is 17.2 Å². The fourth-order valence-corrected chi connectivity index (χ4v) is 6.94. The zero-order valence-electron chi connectivity index (χ0n) is 22.5. The van der Waals surface area contributed by atoms with Crippen LogP contribution in [0.1, 0.15) is 63.8 Å². The van der Waals surface area contributed by atoms with Crippen LogP contribution in [-0.4, -0.2) is 69.8 Å². The van der Waals surface area contributed by atoms with E-state index in [-0.39, 0.29) is 11.4 Å². The van der Waals surface area contributed by atoms with Crippen LogP contribution in [0, 0.1) is 0 Å². The predicted molar refractivity (Wildman–Crippen MR) is 155 cm³/mol. The molecule has 3 aromatic rings. The monoisotopic (exact) mass is 583 g/mol. The summed E-state index contributed by atoms with van der Waals surface area (Å²) in [6.07, 6.45) is 9.03. The van der Waals surface area contributed by atoms with Gasteiger partial charge in [0.05, 0.1) is 29.6 Å². The summed E-state index contributed by atoms with van der Waals surface area (Å²) in [4.78, 5) is 51.0. The summed E-state index contributed by atoms with van der Waals surface area (Å²) in [6.45, 7) is 4.67. The van der Waals surface area contributed by atoms with Crippen molar-refractivity contribution in [2.45, 2.75) is 52.0 Å². The Morgan fingerprint density at radius 2 is 1.88 bits per heavy atom. The second-order valence-corrected chi connectivity index (χ2v) is 11.4. The summed E-state index contributed by atoms with van der Waals surface area (Å²) < 4.78 is 6.75. The molecule has 4 heterocycles. The van der Waals surface area contributed by atoms with Gasteiger partial charge in [-0.3, -0.25) is 4.79 Å². The van der Waals surface area contributed by atoms with Crippen molar-refractivity contribution < 1.29 is 19.4 Å². The van der Waals surface area contributed by atoms with Crippen molar-refractivity contribution in [3.63, 3.8) is 0 Å². The van der Waals surface area contributed by atoms with Gasteiger partial charge in [0.25, 0.3) is 0 Å². The van der Waals surface area contributed by atoms with Crippen LogP contribution in [0.2, 0.25) is 0 Å². The molecule has 13 heteroatoms. The molecule has 0 spiro atoms. The van der Waals surface area contributed by atoms with Gasteiger partial charge in [0.1, 0.15) is 10.6 Å². The van der Waals surface area contributed by atoms with E-state index in [1.54, 1.807) is 15.9 Å². The SMILES string of the molecule is CCn1cc(C(=O)[O-])c(=O)c2cnc(N3CCN(C(=S)Nc4sc5c(c4C(=O)OC)CCCCCC5)CC3)nc21. The first kappa shape index (κ1) is 28.0. The van der Waals surface area contributed by atoms with Crippen molar-refractivity contribution in [3.05, 3.63) is 44.2 Å². The molecule has 40 heavy (non-hydrogen) atoms. The second-order valence-electron chi connectivity index (χ2n) is 9.87. The number of aryl methyl sites for hydroxylation is 2. The summed E-state index contributed by atoms with van der Waals surface area (Å²) in [5.74, 6) is -1.40. The molecule has 3 aromatic heterocycles. The molecule has 1 saturated heterocycles. The maximum atomic E-state index is 12.7. The first-order valence-corrected chi connectivity index (χ1v) is 14.7. The van der Waals surface area contributed by atoms with E-state index in [2.05, 4.69) is 20.2 Å². The molecular weight excluding hydrogens is 552 g/mol. The zero-order chi connectivity index (χ0) is 28.4. The van der Waals surface area contributed by atoms with Gasteiger partial charge < -0.3 is 34.3 Å². The number of aromatic carboxylic acids is 1. The highest BCUT2D eigenvalue weighted by molar-refractivity contribution is 7.80. The van der Waals surface area contributed by atoms with E-state index in [0.29, 0.717) is 55.0 Å². The van der Waals surface area contributed by atoms with Gasteiger partial charge in [-0.15, -0.1) is 11.3 Å². The average molecular weight is 584 g/mol. The Kier molecular flexibility index (Phi) is 8.31. The van der Waals surface area contributed by atoms with Crippen LogP contribution >= 0.6 is 23.6 Å². The molecule has 0 atom stereocenters. The summed E-state index contributed by atoms with van der Waals surface area (Å²) in [5, 5.41) is 16.2. The number of nitrogens with zero attached hydrogens (tertiary/aromatic N) is 5. The number of esters is 1. The molecule has 0 amide bonds. The minimum atomic E-state index is -1.52. The van der Waals surface area contributed by atoms with Gasteiger partial charge in [0.15, 0.2) is 5.11 Å². The number of ether oxygens (including phenoxy) is 1. The molecule has 0 aromatic carbocycles. The predicted octanol–water partition coefficient (Wildman–Crippen LogP) is 2.20. The first-order valence-electron chi connectivity index (χ1n) is 13.5. The number of nitrogens with one attached hydrogen (secondary N) is 1. The molecule has 1 aliphatic carbocycles. The summed E-state index contributed by atoms with van der Waals surface area (Å²) in [5.41, 5.74) is 1.02. The number of hydrogen-bond donors (Lipinski definition) is 1. The van der Waals surface area contributed by atoms with Crippen LogP contribution in [0.5, 0.6) is 0 Å². The molecule has 1 fully saturated rings. The van der Waals surface area contributed by atoms with Gasteiger partial charge in [0.2, 0.25) is 11.4 Å². The van der Waals surface area contributed by atoms with Crippen LogP contribution in [0.3, 0.4) is 0 Å². The van der Waals surface area contributed by atoms with Gasteiger partial charge in [-0.05, 0) is 50.4 Å². The zero-order valence-corrected chi connectivity index (χ0v) is 24.2. The fourth-order valence-electron chi connectivity index (χ4n) is 5.31. The Hall–Kier alpha value is -3.58. The molecule has 0 bridgehead atoms. The third kappa shape index (κ3) is 5.39. The van der Waals surface area contributed by atoms with E-state index >= 15 is 0 Å². The number of anilines is 2. The standard InChI is InChI=1S/C27H32N6O5S2/c1-3-31-15-18(24(35)36)21(34)17-14-28-26(29-22(17)31)32-10-12-33(13-11-32)27(39)30-23-20(25(37)38-2)16-8-6-4-5-7-9-19(16)40-23/h14-15H,3-13H2,1-2H3,(H,30,39)(H,35,36)/p-1. The lowest BCUT2D eigenvalue weighted by Gasteiger charge is -2.36. The number of methoxy groups -OCH3 is 1. The number of fused-ring (bicyclic) bond motifs is 2. The molecule has 0 radical (unpaired) electrons. The van der Waals surface area contributed by atoms with Crippen molar-refractivity contribution in [2.24, 2.45) is 0 Å². The van der Waals surface area contributed by atoms with Gasteiger partial charge in [-0.2, -0.15) is 4.98 Å². The number of thiophene rings is 1. The Labute approximate surface area is 240 Å². The van der Waals surface area contributed by atoms with Crippen molar-refractivity contribution in [1.29, 1.82) is 0 Å². The van der Waals surface area contributed by atoms with Crippen LogP contribution < -0.4 is 20.8 Å². The highest BCUT2D eigenvalue weighted by atomic mass is 32.1. The van der Waals surface area contributed by atoms with Crippen molar-refractivity contribution in [3.8, 4) is 0 Å². The van der Waals surface area contributed by atoms with Crippen LogP contribution in [-0.2, 0) is 24.1 Å². The number of carboxylic acids is 1. The Morgan fingerprint density at radius 3 is 2.55 bits per heavy atom. The first-order chi connectivity index (χ1) is 19.3. The number of carboxylic acid groups (broad SMARTS) is 1. The average Bonchev–Trinajstić information content (AvgIpc) is 3.27. The Balaban J connectivity index is 1.31. The van der Waals surface area contributed by atoms with Crippen LogP contribution in [0.25, 0.3) is 11.0 Å². The Morgan fingerprint density at radius 1 is 1.15 bits per heavy atom. The highest BCUT2D eigenvalue weighted by Gasteiger charge is 2.27. The largest absolute Gasteiger partial charge is 0.545 e. The van der Waals surface area contributed by atoms with Gasteiger partial charge in [-0.25, -0.2) is 9.78 Å². The quantitative estimate of drug-likeness (QED) is 0.350. The maximum Gasteiger partial charge on any atom is 0.341 e. The van der Waals surface area contributed by atoms with Crippen molar-refractivity contribution >= 4 is 62.6 Å². The molecule has 5 rings (SSSR count). The number of pyridine rings is 1. The molecular formula is C27H31N6O5S2-. The third-order valence-corrected chi connectivity index (χ3v) is 9.06. The number of aromatic nitrogens is 3. The lowest BCUT2D eigenvalue weighted by molar-refractivity contribution is -0.255. The maximum absolute atomic E-state index is 12.7. The molecule has 2 aliphatic rings. The molecule has 1 N–H and O–H groups in total. The number of piperazine rings is 1. The van der Waals surface area contributed by atoms with E-state index in [1.165, 1.54) is 37.2 Å². The third-order valence-electron chi connectivity index (χ3n) is 7.49. The lowest BCUT2D eigenvalue weighted by atomic mass is 9.96. The number of rotatable bonds is 5. The Bertz CT molecular complexity index is 1530. The molecule has 212 valence electrons. The van der Waals surface area contributed by atoms with Crippen LogP contribution in [0.4, 0.5) is 10.9 Å². The topological polar surface area (TPSA) is 133 Å². The number of thiocarbonyl (C=S) groups is 1. The van der Waals surface area contributed by atoms with Gasteiger partial charge in [-0.1, -0.05) is 12.8 Å². The molecule has 0 unspecified atom stereocenters. The van der Waals surface area contributed by atoms with Crippen molar-refractivity contribution in [1.82, 2.24) is 19.4 Å². The van der Waals surface area contributed by atoms with E-state index in [1.807, 2.05) is 11.8 Å². The summed E-state index contributed by atoms with van der Waals surface area (Å²) in [6, 6.07) is 0. The van der Waals surface area contributed by atoms with Gasteiger partial charge in [0, 0.05) is 50.0 Å². The number of carbonyl (C=O) groups is 2. The minimum Gasteiger partial charge on any atom is -0.545 e. The highest BCUT2D eigenvalue weighted by Crippen LogP contribution is 2.37. The second kappa shape index (κ2) is 11.9. The van der Waals surface area contributed by atoms with Gasteiger partial charge >= 0.3 is 5.97 Å². The van der Waals surface area contributed by atoms with E-state index in [9.17, 15) is 19.5 Å². The lowest BCUT2D eigenvalue weighted by Crippen LogP contribution is -2.50. The fraction of sp³-hybridized carbons (Fsp3) is 0.481.